The lowest BCUT2D eigenvalue weighted by molar-refractivity contribution is 0.375. The molecule has 0 saturated carbocycles. The van der Waals surface area contributed by atoms with Crippen LogP contribution in [0.5, 0.6) is 0 Å². The zero-order valence-electron chi connectivity index (χ0n) is 31.4. The van der Waals surface area contributed by atoms with E-state index in [0.717, 1.165) is 57.5 Å². The van der Waals surface area contributed by atoms with Gasteiger partial charge in [-0.05, 0) is 25.7 Å². The van der Waals surface area contributed by atoms with Gasteiger partial charge in [-0.25, -0.2) is 0 Å². The number of rotatable bonds is 36. The second-order valence-corrected chi connectivity index (χ2v) is 16.0. The van der Waals surface area contributed by atoms with Crippen LogP contribution in [0.2, 0.25) is 0 Å². The molecule has 0 aliphatic heterocycles. The molecule has 3 nitrogen and oxygen atoms in total. The predicted octanol–water partition coefficient (Wildman–Crippen LogP) is 15.4. The maximum Gasteiger partial charge on any atom is 0.353 e. The standard InChI is InChI=1S/C40H82FN2OP/c1-5-9-13-17-21-25-29-33-37-43(38-34-30-26-22-18-14-10-6-2)40(36-32-28-24-20-16-12-8-4)42-45(41,44)39-35-31-27-23-19-15-11-7-3/h5-39H2,1-4H3/b42-40+. The van der Waals surface area contributed by atoms with Crippen LogP contribution in [-0.2, 0) is 4.57 Å². The first-order valence-electron chi connectivity index (χ1n) is 20.6. The molecule has 0 rings (SSSR count). The first kappa shape index (κ1) is 44.6. The van der Waals surface area contributed by atoms with Crippen molar-refractivity contribution in [1.82, 2.24) is 4.90 Å². The van der Waals surface area contributed by atoms with E-state index >= 15 is 4.20 Å². The number of unbranched alkanes of at least 4 members (excludes halogenated alkanes) is 27. The highest BCUT2D eigenvalue weighted by Gasteiger charge is 2.22. The van der Waals surface area contributed by atoms with Crippen LogP contribution in [0.25, 0.3) is 0 Å². The second kappa shape index (κ2) is 35.0. The van der Waals surface area contributed by atoms with E-state index in [2.05, 4.69) is 37.4 Å². The van der Waals surface area contributed by atoms with E-state index in [9.17, 15) is 4.57 Å². The van der Waals surface area contributed by atoms with Gasteiger partial charge in [0.25, 0.3) is 0 Å². The van der Waals surface area contributed by atoms with Crippen molar-refractivity contribution in [3.05, 3.63) is 0 Å². The summed E-state index contributed by atoms with van der Waals surface area (Å²) in [6.07, 6.45) is 39.4. The van der Waals surface area contributed by atoms with Gasteiger partial charge in [0.2, 0.25) is 0 Å². The van der Waals surface area contributed by atoms with Crippen molar-refractivity contribution < 1.29 is 8.76 Å². The Kier molecular flexibility index (Phi) is 34.7. The Labute approximate surface area is 283 Å². The van der Waals surface area contributed by atoms with Crippen LogP contribution in [0, 0.1) is 0 Å². The number of halogens is 1. The Morgan fingerprint density at radius 1 is 0.444 bits per heavy atom. The van der Waals surface area contributed by atoms with E-state index in [-0.39, 0.29) is 6.16 Å². The minimum absolute atomic E-state index is 0.131. The highest BCUT2D eigenvalue weighted by molar-refractivity contribution is 7.57. The summed E-state index contributed by atoms with van der Waals surface area (Å²) in [6, 6.07) is 0. The van der Waals surface area contributed by atoms with Crippen molar-refractivity contribution in [3.63, 3.8) is 0 Å². The Bertz CT molecular complexity index is 651. The van der Waals surface area contributed by atoms with Crippen LogP contribution in [0.15, 0.2) is 4.76 Å². The Morgan fingerprint density at radius 2 is 0.733 bits per heavy atom. The molecule has 45 heavy (non-hydrogen) atoms. The molecule has 5 heteroatoms. The fourth-order valence-electron chi connectivity index (χ4n) is 6.42. The molecule has 0 radical (unpaired) electrons. The average molecular weight is 657 g/mol. The average Bonchev–Trinajstić information content (AvgIpc) is 3.02. The van der Waals surface area contributed by atoms with Crippen molar-refractivity contribution in [2.24, 2.45) is 4.76 Å². The molecule has 270 valence electrons. The van der Waals surface area contributed by atoms with Gasteiger partial charge in [-0.3, -0.25) is 4.57 Å². The smallest absolute Gasteiger partial charge is 0.353 e. The van der Waals surface area contributed by atoms with Crippen molar-refractivity contribution in [3.8, 4) is 0 Å². The molecule has 0 aromatic heterocycles. The van der Waals surface area contributed by atoms with E-state index in [0.29, 0.717) is 6.42 Å². The quantitative estimate of drug-likeness (QED) is 0.0291. The summed E-state index contributed by atoms with van der Waals surface area (Å²) in [5, 5.41) is 0. The van der Waals surface area contributed by atoms with Gasteiger partial charge in [0.05, 0.1) is 0 Å². The normalized spacial score (nSPS) is 13.4. The minimum Gasteiger partial charge on any atom is -0.360 e. The number of amidine groups is 1. The summed E-state index contributed by atoms with van der Waals surface area (Å²) < 4.78 is 33.4. The van der Waals surface area contributed by atoms with E-state index in [1.54, 1.807) is 0 Å². The Morgan fingerprint density at radius 3 is 1.09 bits per heavy atom. The lowest BCUT2D eigenvalue weighted by atomic mass is 10.1. The molecule has 0 aromatic carbocycles. The van der Waals surface area contributed by atoms with Crippen LogP contribution in [0.3, 0.4) is 0 Å². The largest absolute Gasteiger partial charge is 0.360 e. The molecule has 0 bridgehead atoms. The number of nitrogens with zero attached hydrogens (tertiary/aromatic N) is 2. The summed E-state index contributed by atoms with van der Waals surface area (Å²) in [4.78, 5) is 2.38. The highest BCUT2D eigenvalue weighted by Crippen LogP contribution is 2.50. The zero-order valence-corrected chi connectivity index (χ0v) is 32.3. The van der Waals surface area contributed by atoms with Crippen LogP contribution in [0.1, 0.15) is 233 Å². The molecule has 1 atom stereocenters. The lowest BCUT2D eigenvalue weighted by Crippen LogP contribution is -2.33. The van der Waals surface area contributed by atoms with Crippen molar-refractivity contribution in [2.45, 2.75) is 233 Å². The molecule has 0 spiro atoms. The van der Waals surface area contributed by atoms with Gasteiger partial charge in [-0.1, -0.05) is 201 Å². The molecule has 0 aromatic rings. The van der Waals surface area contributed by atoms with Crippen LogP contribution >= 0.6 is 7.60 Å². The van der Waals surface area contributed by atoms with Gasteiger partial charge in [0, 0.05) is 25.7 Å². The summed E-state index contributed by atoms with van der Waals surface area (Å²) >= 11 is 0. The van der Waals surface area contributed by atoms with Crippen molar-refractivity contribution >= 4 is 13.4 Å². The monoisotopic (exact) mass is 657 g/mol. The van der Waals surface area contributed by atoms with E-state index in [1.165, 1.54) is 161 Å². The van der Waals surface area contributed by atoms with Crippen molar-refractivity contribution in [2.75, 3.05) is 19.3 Å². The first-order chi connectivity index (χ1) is 22.0. The molecule has 0 N–H and O–H groups in total. The molecule has 0 heterocycles. The maximum atomic E-state index is 15.6. The summed E-state index contributed by atoms with van der Waals surface area (Å²) in [7, 11) is -4.01. The molecular formula is C40H82FN2OP. The third kappa shape index (κ3) is 32.0. The number of hydrogen-bond acceptors (Lipinski definition) is 1. The van der Waals surface area contributed by atoms with Crippen LogP contribution in [-0.4, -0.2) is 30.0 Å². The molecular weight excluding hydrogens is 574 g/mol. The maximum absolute atomic E-state index is 15.6. The van der Waals surface area contributed by atoms with E-state index in [1.807, 2.05) is 0 Å². The minimum atomic E-state index is -4.01. The SMILES string of the molecule is CCCCCCCCCCN(CCCCCCCCCC)/C(CCCCCCCCC)=N/P(=O)(F)CCCCCCCCCC. The van der Waals surface area contributed by atoms with Gasteiger partial charge in [0.1, 0.15) is 5.84 Å². The predicted molar refractivity (Wildman–Crippen MR) is 203 cm³/mol. The van der Waals surface area contributed by atoms with Crippen LogP contribution in [0.4, 0.5) is 4.20 Å². The lowest BCUT2D eigenvalue weighted by Gasteiger charge is -2.27. The fraction of sp³-hybridized carbons (Fsp3) is 0.975. The van der Waals surface area contributed by atoms with Gasteiger partial charge in [-0.2, -0.15) is 8.96 Å². The summed E-state index contributed by atoms with van der Waals surface area (Å²) in [6.45, 7) is 10.9. The Balaban J connectivity index is 5.21. The van der Waals surface area contributed by atoms with Gasteiger partial charge >= 0.3 is 7.60 Å². The second-order valence-electron chi connectivity index (χ2n) is 14.1. The molecule has 0 aliphatic carbocycles. The van der Waals surface area contributed by atoms with Gasteiger partial charge < -0.3 is 4.90 Å². The molecule has 0 aliphatic rings. The third-order valence-electron chi connectivity index (χ3n) is 9.48. The topological polar surface area (TPSA) is 32.7 Å². The summed E-state index contributed by atoms with van der Waals surface area (Å²) in [5.74, 6) is 0.833. The molecule has 0 saturated heterocycles. The summed E-state index contributed by atoms with van der Waals surface area (Å²) in [5.41, 5.74) is 0. The van der Waals surface area contributed by atoms with Crippen molar-refractivity contribution in [1.29, 1.82) is 0 Å². The third-order valence-corrected chi connectivity index (χ3v) is 10.9. The zero-order chi connectivity index (χ0) is 33.1. The van der Waals surface area contributed by atoms with Crippen LogP contribution < -0.4 is 0 Å². The molecule has 1 unspecified atom stereocenters. The van der Waals surface area contributed by atoms with Gasteiger partial charge in [-0.15, -0.1) is 0 Å². The highest BCUT2D eigenvalue weighted by atomic mass is 31.2. The van der Waals surface area contributed by atoms with Gasteiger partial charge in [0.15, 0.2) is 0 Å². The number of hydrogen-bond donors (Lipinski definition) is 0. The van der Waals surface area contributed by atoms with E-state index in [4.69, 9.17) is 0 Å². The Hall–Kier alpha value is -0.370. The molecule has 0 amide bonds. The van der Waals surface area contributed by atoms with E-state index < -0.39 is 7.60 Å². The fourth-order valence-corrected chi connectivity index (χ4v) is 7.70. The molecule has 0 fully saturated rings. The first-order valence-corrected chi connectivity index (χ1v) is 22.4.